The van der Waals surface area contributed by atoms with Crippen LogP contribution < -0.4 is 45.7 Å². The molecule has 0 fully saturated rings. The number of carbonyl (C=O) groups is 2. The van der Waals surface area contributed by atoms with E-state index in [9.17, 15) is 89.8 Å². The Morgan fingerprint density at radius 3 is 1.17 bits per heavy atom. The molecule has 0 atom stereocenters. The molecule has 10 aromatic rings. The molecule has 8 aromatic carbocycles. The van der Waals surface area contributed by atoms with Gasteiger partial charge in [-0.25, -0.2) is 64.0 Å². The Hall–Kier alpha value is -11.3. The number of non-ortho nitro benzene ring substituents is 2. The number of nitro benzene ring substituents is 2. The Morgan fingerprint density at radius 1 is 0.468 bits per heavy atom. The normalized spacial score (nSPS) is 11.4. The number of hydrogen-bond donors (Lipinski definition) is 5. The SMILES string of the molecule is CN(c1ccc(CC(=O)Cc2ccc(OC(F)(F)F)cc2)cc1)c1ccnc(Cl)n1.CN(c1ccc(CC(=O)Cc2ccc(OC(F)(F)F)cc2)cc1)c1ccnc(Nc2cccc(CS(N)(=O)=O)c2)n1.NS(=O)(=O)Cc1cccc([N+](=O)[O-])c1.Nc1cccc(CS(N)(=O)=O)c1.O=[N+]([O-])c1cccc(CS(=O)(=O)Cl)c1. The minimum absolute atomic E-state index is 0.0526. The molecule has 41 heteroatoms. The molecular weight excluding hydrogens is 1590 g/mol. The molecule has 0 saturated heterocycles. The molecule has 0 amide bonds. The minimum Gasteiger partial charge on any atom is -0.406 e. The van der Waals surface area contributed by atoms with Crippen molar-refractivity contribution in [1.29, 1.82) is 0 Å². The number of aromatic nitrogens is 4. The van der Waals surface area contributed by atoms with Gasteiger partial charge < -0.3 is 30.3 Å². The summed E-state index contributed by atoms with van der Waals surface area (Å²) in [7, 11) is -5.76. The smallest absolute Gasteiger partial charge is 0.406 e. The zero-order valence-corrected chi connectivity index (χ0v) is 62.8. The van der Waals surface area contributed by atoms with Gasteiger partial charge in [-0.3, -0.25) is 29.8 Å². The second-order valence-electron chi connectivity index (χ2n) is 23.6. The maximum Gasteiger partial charge on any atom is 0.573 e. The van der Waals surface area contributed by atoms with Crippen molar-refractivity contribution in [2.45, 2.75) is 61.4 Å². The first-order chi connectivity index (χ1) is 51.8. The van der Waals surface area contributed by atoms with Crippen molar-refractivity contribution >= 4 is 125 Å². The van der Waals surface area contributed by atoms with Gasteiger partial charge in [0.2, 0.25) is 50.4 Å². The standard InChI is InChI=1S/C28H26F3N5O4S.C21H17ClF3N3O2.C7H6ClNO4S.C7H8N2O4S.C7H10N2O2S/c1-36(26-13-14-33-27(35-26)34-22-4-2-3-21(15-22)18-41(32,38)39)23-9-5-19(6-10-23)16-24(37)17-20-7-11-25(12-8-20)40-28(29,30)31;1-28(19-10-11-26-20(22)27-19)16-6-2-14(3-7-16)12-17(29)13-15-4-8-18(9-5-15)30-21(23,24)25;2*8-14(12,13)5-6-2-1-3-7(4-6)9(10)11;8-7-3-1-2-6(4-7)5-12(9,10)11/h2-15H,16-18H2,1H3,(H2,32,38,39)(H,33,34,35);2-11H,12-13H2,1H3;1-4H,5H2;1-4H,5H2,(H2,8,12,13);1-4H,5,8H2,(H2,9,10,11). The molecule has 111 heavy (non-hydrogen) atoms. The van der Waals surface area contributed by atoms with E-state index in [1.165, 1.54) is 97.1 Å². The molecule has 588 valence electrons. The van der Waals surface area contributed by atoms with Crippen LogP contribution in [0, 0.1) is 20.2 Å². The first kappa shape index (κ1) is 88.6. The summed E-state index contributed by atoms with van der Waals surface area (Å²) in [5.74, 6) is -0.523. The number of ketones is 2. The molecule has 0 unspecified atom stereocenters. The molecule has 0 aliphatic heterocycles. The predicted octanol–water partition coefficient (Wildman–Crippen LogP) is 12.3. The number of primary sulfonamides is 3. The van der Waals surface area contributed by atoms with Gasteiger partial charge in [-0.15, -0.1) is 26.3 Å². The number of sulfonamides is 3. The van der Waals surface area contributed by atoms with Crippen LogP contribution >= 0.6 is 22.3 Å². The van der Waals surface area contributed by atoms with Crippen molar-refractivity contribution in [2.24, 2.45) is 15.4 Å². The first-order valence-electron chi connectivity index (χ1n) is 31.6. The summed E-state index contributed by atoms with van der Waals surface area (Å²) in [6.07, 6.45) is -5.78. The van der Waals surface area contributed by atoms with E-state index >= 15 is 0 Å². The average Bonchev–Trinajstić information content (AvgIpc) is 0.830. The number of anilines is 7. The molecule has 0 aliphatic rings. The maximum atomic E-state index is 12.5. The Morgan fingerprint density at radius 2 is 0.811 bits per heavy atom. The quantitative estimate of drug-likeness (QED) is 0.00839. The molecule has 0 saturated carbocycles. The maximum absolute atomic E-state index is 12.5. The zero-order chi connectivity index (χ0) is 82.1. The third-order valence-electron chi connectivity index (χ3n) is 14.3. The van der Waals surface area contributed by atoms with Gasteiger partial charge in [0.15, 0.2) is 0 Å². The van der Waals surface area contributed by atoms with Gasteiger partial charge in [0.25, 0.3) is 11.4 Å². The summed E-state index contributed by atoms with van der Waals surface area (Å²) in [5.41, 5.74) is 12.5. The molecule has 2 aromatic heterocycles. The van der Waals surface area contributed by atoms with Crippen molar-refractivity contribution < 1.29 is 88.9 Å². The van der Waals surface area contributed by atoms with Crippen molar-refractivity contribution in [3.63, 3.8) is 0 Å². The molecule has 0 bridgehead atoms. The third-order valence-corrected chi connectivity index (χ3v) is 17.7. The fourth-order valence-electron chi connectivity index (χ4n) is 9.67. The van der Waals surface area contributed by atoms with Crippen molar-refractivity contribution in [3.8, 4) is 11.5 Å². The Bertz CT molecular complexity index is 5260. The Labute approximate surface area is 641 Å². The van der Waals surface area contributed by atoms with Crippen LogP contribution in [0.1, 0.15) is 44.5 Å². The molecule has 0 spiro atoms. The van der Waals surface area contributed by atoms with Gasteiger partial charge in [0.05, 0.1) is 32.9 Å². The van der Waals surface area contributed by atoms with E-state index in [4.69, 9.17) is 43.4 Å². The van der Waals surface area contributed by atoms with Crippen LogP contribution in [-0.2, 0) is 97.4 Å². The van der Waals surface area contributed by atoms with Crippen LogP contribution in [-0.4, -0.2) is 102 Å². The third kappa shape index (κ3) is 34.9. The number of ether oxygens (including phenoxy) is 2. The predicted molar refractivity (Wildman–Crippen MR) is 405 cm³/mol. The van der Waals surface area contributed by atoms with E-state index < -0.39 is 73.2 Å². The lowest BCUT2D eigenvalue weighted by molar-refractivity contribution is -0.385. The largest absolute Gasteiger partial charge is 0.573 e. The number of nitrogen functional groups attached to an aromatic ring is 1. The molecule has 0 aliphatic carbocycles. The van der Waals surface area contributed by atoms with E-state index in [1.54, 1.807) is 73.1 Å². The number of nitro groups is 2. The van der Waals surface area contributed by atoms with Crippen molar-refractivity contribution in [3.05, 3.63) is 289 Å². The van der Waals surface area contributed by atoms with Gasteiger partial charge in [-0.1, -0.05) is 97.1 Å². The summed E-state index contributed by atoms with van der Waals surface area (Å²) in [6, 6.07) is 52.8. The number of nitrogens with one attached hydrogen (secondary N) is 1. The Balaban J connectivity index is 0.000000238. The highest BCUT2D eigenvalue weighted by Gasteiger charge is 2.32. The van der Waals surface area contributed by atoms with E-state index in [0.717, 1.165) is 22.5 Å². The second-order valence-corrected chi connectivity index (χ2v) is 31.5. The van der Waals surface area contributed by atoms with E-state index in [0.29, 0.717) is 62.3 Å². The van der Waals surface area contributed by atoms with Gasteiger partial charge in [-0.2, -0.15) is 4.98 Å². The lowest BCUT2D eigenvalue weighted by atomic mass is 10.0. The van der Waals surface area contributed by atoms with E-state index in [1.807, 2.05) is 72.4 Å². The molecule has 10 rings (SSSR count). The summed E-state index contributed by atoms with van der Waals surface area (Å²) in [4.78, 5) is 64.8. The van der Waals surface area contributed by atoms with Crippen LogP contribution in [0.2, 0.25) is 5.28 Å². The number of benzene rings is 8. The van der Waals surface area contributed by atoms with Crippen LogP contribution in [0.3, 0.4) is 0 Å². The summed E-state index contributed by atoms with van der Waals surface area (Å²) >= 11 is 5.82. The molecule has 29 nitrogen and oxygen atoms in total. The number of nitrogens with zero attached hydrogens (tertiary/aromatic N) is 8. The Kier molecular flexibility index (Phi) is 31.8. The number of nitrogens with two attached hydrogens (primary N) is 4. The van der Waals surface area contributed by atoms with Crippen LogP contribution in [0.5, 0.6) is 11.5 Å². The van der Waals surface area contributed by atoms with Gasteiger partial charge in [0, 0.05) is 110 Å². The number of carbonyl (C=O) groups excluding carboxylic acids is 2. The van der Waals surface area contributed by atoms with Crippen LogP contribution in [0.25, 0.3) is 0 Å². The zero-order valence-electron chi connectivity index (χ0n) is 58.0. The lowest BCUT2D eigenvalue weighted by Gasteiger charge is -2.19. The highest BCUT2D eigenvalue weighted by Crippen LogP contribution is 2.29. The van der Waals surface area contributed by atoms with E-state index in [-0.39, 0.29) is 76.9 Å². The average molecular weight is 1660 g/mol. The van der Waals surface area contributed by atoms with E-state index in [2.05, 4.69) is 34.7 Å². The molecule has 9 N–H and O–H groups in total. The van der Waals surface area contributed by atoms with Crippen molar-refractivity contribution in [2.75, 3.05) is 34.9 Å². The minimum atomic E-state index is -4.77. The highest BCUT2D eigenvalue weighted by atomic mass is 35.7. The topological polar surface area (TPSA) is 450 Å². The fraction of sp³-hybridized carbons (Fsp3) is 0.171. The summed E-state index contributed by atoms with van der Waals surface area (Å²) in [6.45, 7) is 0. The van der Waals surface area contributed by atoms with Crippen LogP contribution in [0.4, 0.5) is 78.1 Å². The van der Waals surface area contributed by atoms with Gasteiger partial charge in [0.1, 0.15) is 34.7 Å². The molecular formula is C70H67Cl2F6N13O16S4. The monoisotopic (exact) mass is 1660 g/mol. The highest BCUT2D eigenvalue weighted by molar-refractivity contribution is 8.13. The first-order valence-corrected chi connectivity index (χ1v) is 39.6. The van der Waals surface area contributed by atoms with Crippen molar-refractivity contribution in [1.82, 2.24) is 19.9 Å². The molecule has 2 heterocycles. The summed E-state index contributed by atoms with van der Waals surface area (Å²) in [5, 5.41) is 38.7. The number of rotatable bonds is 26. The number of hydrogen-bond acceptors (Lipinski definition) is 24. The van der Waals surface area contributed by atoms with Crippen LogP contribution in [0.15, 0.2) is 219 Å². The lowest BCUT2D eigenvalue weighted by Crippen LogP contribution is -2.17. The second kappa shape index (κ2) is 39.9. The number of Topliss-reactive ketones (excluding diaryl/α,β-unsaturated/α-hetero) is 2. The number of alkyl halides is 6. The number of halogens is 8. The summed E-state index contributed by atoms with van der Waals surface area (Å²) < 4.78 is 168. The fourth-order valence-corrected chi connectivity index (χ4v) is 12.7. The molecule has 0 radical (unpaired) electrons. The van der Waals surface area contributed by atoms with Gasteiger partial charge >= 0.3 is 12.7 Å². The van der Waals surface area contributed by atoms with Gasteiger partial charge in [-0.05, 0) is 141 Å².